The van der Waals surface area contributed by atoms with Crippen LogP contribution in [0.3, 0.4) is 0 Å². The van der Waals surface area contributed by atoms with Gasteiger partial charge in [-0.2, -0.15) is 0 Å². The molecule has 2 N–H and O–H groups in total. The van der Waals surface area contributed by atoms with Crippen molar-refractivity contribution in [1.82, 2.24) is 4.90 Å². The number of fused-ring (bicyclic) bond motifs is 1. The third-order valence-corrected chi connectivity index (χ3v) is 6.02. The summed E-state index contributed by atoms with van der Waals surface area (Å²) in [5.74, 6) is 0.734. The maximum absolute atomic E-state index is 12.5. The van der Waals surface area contributed by atoms with Crippen LogP contribution in [0.5, 0.6) is 5.75 Å². The molecule has 0 unspecified atom stereocenters. The Balaban J connectivity index is 1.71. The summed E-state index contributed by atoms with van der Waals surface area (Å²) in [7, 11) is -3.57. The van der Waals surface area contributed by atoms with E-state index in [1.165, 1.54) is 0 Å². The summed E-state index contributed by atoms with van der Waals surface area (Å²) in [6, 6.07) is 5.27. The van der Waals surface area contributed by atoms with Gasteiger partial charge in [0.25, 0.3) is 10.0 Å². The number of nitrogens with zero attached hydrogens (tertiary/aromatic N) is 2. The molecule has 1 saturated heterocycles. The minimum atomic E-state index is -3.57. The number of benzene rings is 1. The molecule has 0 aromatic heterocycles. The van der Waals surface area contributed by atoms with Crippen molar-refractivity contribution in [3.8, 4) is 5.75 Å². The van der Waals surface area contributed by atoms with E-state index in [-0.39, 0.29) is 23.4 Å². The number of amidine groups is 1. The Morgan fingerprint density at radius 3 is 2.81 bits per heavy atom. The Labute approximate surface area is 160 Å². The lowest BCUT2D eigenvalue weighted by Crippen LogP contribution is -2.46. The minimum Gasteiger partial charge on any atom is -0.492 e. The van der Waals surface area contributed by atoms with E-state index in [0.29, 0.717) is 30.0 Å². The molecule has 7 nitrogen and oxygen atoms in total. The molecule has 0 spiro atoms. The van der Waals surface area contributed by atoms with Crippen molar-refractivity contribution >= 4 is 21.8 Å². The Bertz CT molecular complexity index is 871. The van der Waals surface area contributed by atoms with Gasteiger partial charge in [0.1, 0.15) is 11.6 Å². The maximum Gasteiger partial charge on any atom is 0.259 e. The normalized spacial score (nSPS) is 22.0. The summed E-state index contributed by atoms with van der Waals surface area (Å²) < 4.78 is 33.2. The van der Waals surface area contributed by atoms with Crippen LogP contribution in [-0.4, -0.2) is 44.8 Å². The summed E-state index contributed by atoms with van der Waals surface area (Å²) in [6.07, 6.45) is 1.94. The van der Waals surface area contributed by atoms with Gasteiger partial charge in [-0.15, -0.1) is 4.40 Å². The first-order valence-corrected chi connectivity index (χ1v) is 10.8. The van der Waals surface area contributed by atoms with Gasteiger partial charge in [0, 0.05) is 24.4 Å². The molecule has 2 aliphatic heterocycles. The van der Waals surface area contributed by atoms with Crippen LogP contribution < -0.4 is 10.5 Å². The van der Waals surface area contributed by atoms with E-state index in [9.17, 15) is 13.2 Å². The number of piperidine rings is 1. The molecule has 8 heteroatoms. The molecule has 2 aliphatic rings. The van der Waals surface area contributed by atoms with Gasteiger partial charge >= 0.3 is 0 Å². The van der Waals surface area contributed by atoms with Gasteiger partial charge in [-0.1, -0.05) is 32.9 Å². The standard InChI is InChI=1S/C19H27N3O4S/c1-19(2,3)18(23)22-9-5-6-13(10-22)11-26-15-8-4-7-14-12-27(24,25)21-17(20)16(14)15/h4,7-8,13H,5-6,9-12H2,1-3H3,(H2,20,21)/t13-/m0/s1. The highest BCUT2D eigenvalue weighted by Gasteiger charge is 2.31. The number of amides is 1. The van der Waals surface area contributed by atoms with Crippen LogP contribution in [0.1, 0.15) is 44.7 Å². The summed E-state index contributed by atoms with van der Waals surface area (Å²) in [4.78, 5) is 14.4. The fourth-order valence-electron chi connectivity index (χ4n) is 3.60. The first-order valence-electron chi connectivity index (χ1n) is 9.19. The zero-order chi connectivity index (χ0) is 19.8. The second-order valence-corrected chi connectivity index (χ2v) is 9.95. The first-order chi connectivity index (χ1) is 12.6. The van der Waals surface area contributed by atoms with E-state index in [4.69, 9.17) is 10.5 Å². The highest BCUT2D eigenvalue weighted by Crippen LogP contribution is 2.29. The van der Waals surface area contributed by atoms with Crippen molar-refractivity contribution in [2.24, 2.45) is 21.5 Å². The molecule has 1 atom stereocenters. The quantitative estimate of drug-likeness (QED) is 0.845. The molecule has 0 saturated carbocycles. The predicted molar refractivity (Wildman–Crippen MR) is 104 cm³/mol. The SMILES string of the molecule is CC(C)(C)C(=O)N1CCC[C@H](COc2cccc3c2C(N)=NS(=O)(=O)C3)C1. The Kier molecular flexibility index (Phi) is 5.20. The lowest BCUT2D eigenvalue weighted by molar-refractivity contribution is -0.141. The minimum absolute atomic E-state index is 0.0277. The van der Waals surface area contributed by atoms with Crippen molar-refractivity contribution in [2.45, 2.75) is 39.4 Å². The van der Waals surface area contributed by atoms with Crippen molar-refractivity contribution in [1.29, 1.82) is 0 Å². The fraction of sp³-hybridized carbons (Fsp3) is 0.579. The van der Waals surface area contributed by atoms with Crippen LogP contribution in [0.4, 0.5) is 0 Å². The van der Waals surface area contributed by atoms with Gasteiger partial charge in [-0.25, -0.2) is 8.42 Å². The predicted octanol–water partition coefficient (Wildman–Crippen LogP) is 1.90. The molecule has 1 fully saturated rings. The van der Waals surface area contributed by atoms with Crippen molar-refractivity contribution < 1.29 is 17.9 Å². The molecule has 1 amide bonds. The summed E-state index contributed by atoms with van der Waals surface area (Å²) in [5.41, 5.74) is 6.65. The van der Waals surface area contributed by atoms with Gasteiger partial charge in [0.2, 0.25) is 5.91 Å². The second kappa shape index (κ2) is 7.14. The number of hydrogen-bond donors (Lipinski definition) is 1. The van der Waals surface area contributed by atoms with Crippen LogP contribution in [0.2, 0.25) is 0 Å². The monoisotopic (exact) mass is 393 g/mol. The topological polar surface area (TPSA) is 102 Å². The Hall–Kier alpha value is -2.09. The highest BCUT2D eigenvalue weighted by molar-refractivity contribution is 7.89. The summed E-state index contributed by atoms with van der Waals surface area (Å²) in [6.45, 7) is 7.70. The molecule has 0 aliphatic carbocycles. The number of carbonyl (C=O) groups excluding carboxylic acids is 1. The highest BCUT2D eigenvalue weighted by atomic mass is 32.2. The van der Waals surface area contributed by atoms with Crippen LogP contribution in [0.15, 0.2) is 22.6 Å². The van der Waals surface area contributed by atoms with E-state index >= 15 is 0 Å². The molecule has 1 aromatic rings. The Morgan fingerprint density at radius 2 is 2.11 bits per heavy atom. The van der Waals surface area contributed by atoms with Gasteiger partial charge in [0.15, 0.2) is 0 Å². The number of likely N-dealkylation sites (tertiary alicyclic amines) is 1. The van der Waals surface area contributed by atoms with Gasteiger partial charge in [-0.3, -0.25) is 4.79 Å². The zero-order valence-electron chi connectivity index (χ0n) is 16.1. The lowest BCUT2D eigenvalue weighted by Gasteiger charge is -2.36. The lowest BCUT2D eigenvalue weighted by atomic mass is 9.91. The third-order valence-electron chi connectivity index (χ3n) is 4.87. The number of hydrogen-bond acceptors (Lipinski definition) is 5. The number of ether oxygens (including phenoxy) is 1. The molecule has 3 rings (SSSR count). The first kappa shape index (κ1) is 19.7. The zero-order valence-corrected chi connectivity index (χ0v) is 16.9. The fourth-order valence-corrected chi connectivity index (χ4v) is 4.69. The molecule has 0 radical (unpaired) electrons. The Morgan fingerprint density at radius 1 is 1.37 bits per heavy atom. The van der Waals surface area contributed by atoms with Crippen LogP contribution in [-0.2, 0) is 20.6 Å². The van der Waals surface area contributed by atoms with Crippen LogP contribution >= 0.6 is 0 Å². The number of carbonyl (C=O) groups is 1. The van der Waals surface area contributed by atoms with E-state index in [1.807, 2.05) is 25.7 Å². The van der Waals surface area contributed by atoms with Crippen molar-refractivity contribution in [3.63, 3.8) is 0 Å². The molecule has 1 aromatic carbocycles. The van der Waals surface area contributed by atoms with Crippen LogP contribution in [0, 0.1) is 11.3 Å². The molecule has 0 bridgehead atoms. The summed E-state index contributed by atoms with van der Waals surface area (Å²) in [5, 5.41) is 0. The number of nitrogens with two attached hydrogens (primary N) is 1. The van der Waals surface area contributed by atoms with Crippen molar-refractivity contribution in [3.05, 3.63) is 29.3 Å². The van der Waals surface area contributed by atoms with E-state index in [1.54, 1.807) is 18.2 Å². The van der Waals surface area contributed by atoms with E-state index < -0.39 is 15.4 Å². The smallest absolute Gasteiger partial charge is 0.259 e. The summed E-state index contributed by atoms with van der Waals surface area (Å²) >= 11 is 0. The molecular weight excluding hydrogens is 366 g/mol. The number of sulfonamides is 1. The molecular formula is C19H27N3O4S. The molecule has 27 heavy (non-hydrogen) atoms. The largest absolute Gasteiger partial charge is 0.492 e. The van der Waals surface area contributed by atoms with Gasteiger partial charge in [-0.05, 0) is 24.5 Å². The average Bonchev–Trinajstić information content (AvgIpc) is 2.57. The van der Waals surface area contributed by atoms with Gasteiger partial charge < -0.3 is 15.4 Å². The third kappa shape index (κ3) is 4.43. The van der Waals surface area contributed by atoms with Gasteiger partial charge in [0.05, 0.1) is 17.9 Å². The second-order valence-electron chi connectivity index (χ2n) is 8.31. The average molecular weight is 394 g/mol. The number of rotatable bonds is 3. The maximum atomic E-state index is 12.5. The molecule has 148 valence electrons. The van der Waals surface area contributed by atoms with E-state index in [0.717, 1.165) is 19.4 Å². The van der Waals surface area contributed by atoms with Crippen LogP contribution in [0.25, 0.3) is 0 Å². The molecule has 2 heterocycles. The van der Waals surface area contributed by atoms with E-state index in [2.05, 4.69) is 4.40 Å². The van der Waals surface area contributed by atoms with Crippen molar-refractivity contribution in [2.75, 3.05) is 19.7 Å².